The van der Waals surface area contributed by atoms with Gasteiger partial charge in [0.2, 0.25) is 0 Å². The molecular formula is C28H26FN3O4S. The van der Waals surface area contributed by atoms with Crippen molar-refractivity contribution in [3.8, 4) is 29.4 Å². The molecule has 1 aliphatic rings. The molecule has 4 aromatic rings. The lowest BCUT2D eigenvalue weighted by Crippen LogP contribution is -2.36. The van der Waals surface area contributed by atoms with Gasteiger partial charge in [-0.15, -0.1) is 12.3 Å². The Morgan fingerprint density at radius 1 is 1.30 bits per heavy atom. The van der Waals surface area contributed by atoms with Crippen LogP contribution in [0.3, 0.4) is 0 Å². The van der Waals surface area contributed by atoms with Crippen molar-refractivity contribution >= 4 is 39.3 Å². The fourth-order valence-electron chi connectivity index (χ4n) is 4.84. The second-order valence-electron chi connectivity index (χ2n) is 8.91. The minimum Gasteiger partial charge on any atom is -0.468 e. The van der Waals surface area contributed by atoms with Crippen molar-refractivity contribution in [3.05, 3.63) is 52.1 Å². The fourth-order valence-corrected chi connectivity index (χ4v) is 5.20. The van der Waals surface area contributed by atoms with Gasteiger partial charge in [0.05, 0.1) is 5.52 Å². The number of methoxy groups -OCH3 is 1. The second kappa shape index (κ2) is 10.4. The van der Waals surface area contributed by atoms with Crippen LogP contribution in [0.5, 0.6) is 5.75 Å². The number of aromatic nitrogens is 2. The molecule has 0 spiro atoms. The number of halogens is 1. The molecule has 0 amide bonds. The summed E-state index contributed by atoms with van der Waals surface area (Å²) >= 11 is 1.39. The summed E-state index contributed by atoms with van der Waals surface area (Å²) in [6, 6.07) is 8.15. The number of benzene rings is 2. The van der Waals surface area contributed by atoms with Crippen LogP contribution in [0.4, 0.5) is 10.2 Å². The van der Waals surface area contributed by atoms with Crippen LogP contribution in [0.2, 0.25) is 0 Å². The first-order valence-corrected chi connectivity index (χ1v) is 13.1. The van der Waals surface area contributed by atoms with Crippen molar-refractivity contribution in [2.24, 2.45) is 5.92 Å². The minimum absolute atomic E-state index is 0.0169. The van der Waals surface area contributed by atoms with Crippen LogP contribution in [0.15, 0.2) is 44.7 Å². The van der Waals surface area contributed by atoms with Gasteiger partial charge in [0.1, 0.15) is 28.5 Å². The molecule has 2 aromatic heterocycles. The Labute approximate surface area is 218 Å². The zero-order chi connectivity index (χ0) is 26.1. The molecule has 1 atom stereocenters. The molecule has 1 aliphatic heterocycles. The summed E-state index contributed by atoms with van der Waals surface area (Å²) in [4.78, 5) is 25.0. The van der Waals surface area contributed by atoms with Crippen LogP contribution in [0.1, 0.15) is 18.4 Å². The minimum atomic E-state index is -0.589. The summed E-state index contributed by atoms with van der Waals surface area (Å²) in [5.41, 5.74) is 0.881. The first kappa shape index (κ1) is 25.1. The van der Waals surface area contributed by atoms with E-state index in [0.29, 0.717) is 56.1 Å². The molecule has 0 radical (unpaired) electrons. The van der Waals surface area contributed by atoms with Gasteiger partial charge in [0.25, 0.3) is 0 Å². The van der Waals surface area contributed by atoms with E-state index < -0.39 is 11.4 Å². The van der Waals surface area contributed by atoms with Gasteiger partial charge >= 0.3 is 5.63 Å². The number of hydrogen-bond donors (Lipinski definition) is 0. The van der Waals surface area contributed by atoms with Crippen molar-refractivity contribution in [3.63, 3.8) is 0 Å². The monoisotopic (exact) mass is 519 g/mol. The average molecular weight is 520 g/mol. The first-order chi connectivity index (χ1) is 17.9. The van der Waals surface area contributed by atoms with Crippen LogP contribution in [-0.4, -0.2) is 43.2 Å². The Balaban J connectivity index is 1.78. The molecule has 2 aromatic carbocycles. The van der Waals surface area contributed by atoms with Crippen molar-refractivity contribution in [1.82, 2.24) is 9.97 Å². The van der Waals surface area contributed by atoms with Crippen LogP contribution >= 0.6 is 11.8 Å². The van der Waals surface area contributed by atoms with E-state index >= 15 is 4.39 Å². The van der Waals surface area contributed by atoms with Crippen LogP contribution < -0.4 is 15.3 Å². The molecule has 0 bridgehead atoms. The third-order valence-electron chi connectivity index (χ3n) is 6.59. The van der Waals surface area contributed by atoms with E-state index in [2.05, 4.69) is 15.9 Å². The molecule has 1 saturated heterocycles. The molecule has 190 valence electrons. The SMILES string of the molecule is C#CC1CCCN(c2nc(SC)nc3c(C)c(-c4cc(OCOC)cc5cccc(F)c45)oc(=O)c23)C1. The number of rotatable bonds is 6. The Morgan fingerprint density at radius 3 is 2.89 bits per heavy atom. The summed E-state index contributed by atoms with van der Waals surface area (Å²) in [7, 11) is 1.52. The lowest BCUT2D eigenvalue weighted by molar-refractivity contribution is 0.0512. The number of terminal acetylenes is 1. The second-order valence-corrected chi connectivity index (χ2v) is 9.69. The van der Waals surface area contributed by atoms with E-state index in [1.54, 1.807) is 24.3 Å². The van der Waals surface area contributed by atoms with Gasteiger partial charge in [-0.2, -0.15) is 0 Å². The summed E-state index contributed by atoms with van der Waals surface area (Å²) in [5, 5.41) is 1.75. The Hall–Kier alpha value is -3.61. The molecule has 0 N–H and O–H groups in total. The van der Waals surface area contributed by atoms with Crippen molar-refractivity contribution in [2.45, 2.75) is 24.9 Å². The molecule has 5 rings (SSSR count). The third kappa shape index (κ3) is 4.63. The fraction of sp³-hybridized carbons (Fsp3) is 0.321. The van der Waals surface area contributed by atoms with E-state index in [-0.39, 0.29) is 18.5 Å². The number of hydrogen-bond acceptors (Lipinski definition) is 8. The van der Waals surface area contributed by atoms with E-state index in [1.807, 2.05) is 18.1 Å². The molecular weight excluding hydrogens is 493 g/mol. The molecule has 37 heavy (non-hydrogen) atoms. The van der Waals surface area contributed by atoms with Crippen LogP contribution in [0, 0.1) is 31.0 Å². The number of ether oxygens (including phenoxy) is 2. The number of aryl methyl sites for hydroxylation is 1. The third-order valence-corrected chi connectivity index (χ3v) is 7.14. The maximum Gasteiger partial charge on any atom is 0.349 e. The summed E-state index contributed by atoms with van der Waals surface area (Å²) < 4.78 is 31.7. The molecule has 0 aliphatic carbocycles. The van der Waals surface area contributed by atoms with Crippen molar-refractivity contribution in [2.75, 3.05) is 38.1 Å². The molecule has 9 heteroatoms. The van der Waals surface area contributed by atoms with Gasteiger partial charge < -0.3 is 18.8 Å². The van der Waals surface area contributed by atoms with E-state index in [4.69, 9.17) is 20.3 Å². The zero-order valence-electron chi connectivity index (χ0n) is 20.8. The zero-order valence-corrected chi connectivity index (χ0v) is 21.7. The highest BCUT2D eigenvalue weighted by Crippen LogP contribution is 2.39. The number of piperidine rings is 1. The molecule has 1 unspecified atom stereocenters. The normalized spacial score (nSPS) is 15.8. The summed E-state index contributed by atoms with van der Waals surface area (Å²) in [6.45, 7) is 3.17. The van der Waals surface area contributed by atoms with E-state index in [0.717, 1.165) is 19.4 Å². The van der Waals surface area contributed by atoms with Crippen molar-refractivity contribution in [1.29, 1.82) is 0 Å². The molecule has 1 fully saturated rings. The lowest BCUT2D eigenvalue weighted by Gasteiger charge is -2.31. The first-order valence-electron chi connectivity index (χ1n) is 11.9. The highest BCUT2D eigenvalue weighted by molar-refractivity contribution is 7.98. The summed E-state index contributed by atoms with van der Waals surface area (Å²) in [5.74, 6) is 3.68. The number of anilines is 1. The highest BCUT2D eigenvalue weighted by Gasteiger charge is 2.27. The van der Waals surface area contributed by atoms with Crippen LogP contribution in [0.25, 0.3) is 33.0 Å². The predicted octanol–water partition coefficient (Wildman–Crippen LogP) is 5.40. The van der Waals surface area contributed by atoms with Gasteiger partial charge in [-0.25, -0.2) is 19.2 Å². The van der Waals surface area contributed by atoms with Crippen LogP contribution in [-0.2, 0) is 4.74 Å². The molecule has 7 nitrogen and oxygen atoms in total. The Bertz CT molecular complexity index is 1600. The van der Waals surface area contributed by atoms with Gasteiger partial charge in [-0.3, -0.25) is 0 Å². The molecule has 0 saturated carbocycles. The summed E-state index contributed by atoms with van der Waals surface area (Å²) in [6.07, 6.45) is 9.42. The quantitative estimate of drug-likeness (QED) is 0.145. The maximum absolute atomic E-state index is 15.1. The maximum atomic E-state index is 15.1. The van der Waals surface area contributed by atoms with Gasteiger partial charge in [0.15, 0.2) is 11.9 Å². The highest BCUT2D eigenvalue weighted by atomic mass is 32.2. The number of nitrogens with zero attached hydrogens (tertiary/aromatic N) is 3. The largest absolute Gasteiger partial charge is 0.468 e. The molecule has 3 heterocycles. The van der Waals surface area contributed by atoms with Gasteiger partial charge in [-0.1, -0.05) is 23.9 Å². The smallest absolute Gasteiger partial charge is 0.349 e. The van der Waals surface area contributed by atoms with Crippen molar-refractivity contribution < 1.29 is 18.3 Å². The van der Waals surface area contributed by atoms with Gasteiger partial charge in [-0.05, 0) is 49.6 Å². The van der Waals surface area contributed by atoms with E-state index in [9.17, 15) is 4.79 Å². The Morgan fingerprint density at radius 2 is 2.14 bits per heavy atom. The topological polar surface area (TPSA) is 77.7 Å². The number of thioether (sulfide) groups is 1. The Kier molecular flexibility index (Phi) is 7.04. The van der Waals surface area contributed by atoms with Gasteiger partial charge in [0, 0.05) is 42.6 Å². The lowest BCUT2D eigenvalue weighted by atomic mass is 9.97. The number of fused-ring (bicyclic) bond motifs is 2. The van der Waals surface area contributed by atoms with E-state index in [1.165, 1.54) is 24.9 Å². The predicted molar refractivity (Wildman–Crippen MR) is 144 cm³/mol. The average Bonchev–Trinajstić information content (AvgIpc) is 2.92. The standard InChI is InChI=1S/C28H26FN3O4S/c1-5-17-8-7-11-32(14-17)26-23-24(30-28(31-26)37-4)16(2)25(36-27(23)33)20-13-19(35-15-34-3)12-18-9-6-10-21(29)22(18)20/h1,6,9-10,12-13,17H,7-8,11,14-15H2,2-4H3.